The van der Waals surface area contributed by atoms with E-state index in [-0.39, 0.29) is 5.43 Å². The van der Waals surface area contributed by atoms with Gasteiger partial charge in [0.05, 0.1) is 11.0 Å². The Morgan fingerprint density at radius 3 is 1.57 bits per heavy atom. The Kier molecular flexibility index (Phi) is 6.28. The van der Waals surface area contributed by atoms with Crippen molar-refractivity contribution >= 4 is 49.6 Å². The third-order valence-corrected chi connectivity index (χ3v) is 8.37. The summed E-state index contributed by atoms with van der Waals surface area (Å²) < 4.78 is 2.18. The largest absolute Gasteiger partial charge is 0.310 e. The van der Waals surface area contributed by atoms with E-state index in [1.54, 1.807) is 0 Å². The van der Waals surface area contributed by atoms with Gasteiger partial charge in [0.2, 0.25) is 0 Å². The highest BCUT2D eigenvalue weighted by Gasteiger charge is 2.14. The average molecular weight is 565 g/mol. The molecule has 0 saturated heterocycles. The third-order valence-electron chi connectivity index (χ3n) is 8.37. The van der Waals surface area contributed by atoms with Crippen molar-refractivity contribution in [3.63, 3.8) is 0 Å². The summed E-state index contributed by atoms with van der Waals surface area (Å²) in [6.07, 6.45) is 0. The number of anilines is 3. The minimum atomic E-state index is 0.0670. The SMILES string of the molecule is O=c1c2ccccc2n(-c2ccc(-c3ccc(N(c4ccccc4)c4ccc5ccccc5c4)cc3)cc2)c2ccccc12. The number of nitrogens with zero attached hydrogens (tertiary/aromatic N) is 2. The van der Waals surface area contributed by atoms with Gasteiger partial charge in [-0.15, -0.1) is 0 Å². The molecule has 7 aromatic carbocycles. The van der Waals surface area contributed by atoms with Crippen molar-refractivity contribution in [2.24, 2.45) is 0 Å². The van der Waals surface area contributed by atoms with Gasteiger partial charge in [0, 0.05) is 33.5 Å². The number of fused-ring (bicyclic) bond motifs is 3. The number of hydrogen-bond acceptors (Lipinski definition) is 2. The normalized spacial score (nSPS) is 11.3. The average Bonchev–Trinajstić information content (AvgIpc) is 3.10. The second-order valence-corrected chi connectivity index (χ2v) is 11.0. The van der Waals surface area contributed by atoms with Crippen molar-refractivity contribution < 1.29 is 0 Å². The predicted molar refractivity (Wildman–Crippen MR) is 185 cm³/mol. The van der Waals surface area contributed by atoms with Crippen LogP contribution in [0.3, 0.4) is 0 Å². The summed E-state index contributed by atoms with van der Waals surface area (Å²) in [7, 11) is 0. The molecule has 0 radical (unpaired) electrons. The van der Waals surface area contributed by atoms with Crippen LogP contribution < -0.4 is 10.3 Å². The molecule has 208 valence electrons. The molecule has 0 aliphatic heterocycles. The van der Waals surface area contributed by atoms with Gasteiger partial charge in [0.1, 0.15) is 0 Å². The van der Waals surface area contributed by atoms with Crippen LogP contribution in [0.4, 0.5) is 17.1 Å². The lowest BCUT2D eigenvalue weighted by Gasteiger charge is -2.26. The molecular weight excluding hydrogens is 536 g/mol. The highest BCUT2D eigenvalue weighted by atomic mass is 16.1. The van der Waals surface area contributed by atoms with Gasteiger partial charge in [-0.05, 0) is 94.7 Å². The van der Waals surface area contributed by atoms with Crippen molar-refractivity contribution in [3.05, 3.63) is 180 Å². The first kappa shape index (κ1) is 25.8. The first-order valence-corrected chi connectivity index (χ1v) is 14.8. The van der Waals surface area contributed by atoms with Gasteiger partial charge in [-0.2, -0.15) is 0 Å². The highest BCUT2D eigenvalue weighted by molar-refractivity contribution is 5.95. The number of aromatic nitrogens is 1. The minimum Gasteiger partial charge on any atom is -0.310 e. The number of para-hydroxylation sites is 3. The Hall–Kier alpha value is -5.93. The Morgan fingerprint density at radius 1 is 0.409 bits per heavy atom. The van der Waals surface area contributed by atoms with Gasteiger partial charge in [-0.3, -0.25) is 4.79 Å². The minimum absolute atomic E-state index is 0.0670. The van der Waals surface area contributed by atoms with Crippen LogP contribution in [-0.4, -0.2) is 4.57 Å². The Bertz CT molecular complexity index is 2280. The zero-order valence-corrected chi connectivity index (χ0v) is 24.0. The maximum atomic E-state index is 13.2. The maximum Gasteiger partial charge on any atom is 0.197 e. The zero-order valence-electron chi connectivity index (χ0n) is 24.0. The molecule has 0 N–H and O–H groups in total. The van der Waals surface area contributed by atoms with Gasteiger partial charge in [0.25, 0.3) is 0 Å². The number of hydrogen-bond donors (Lipinski definition) is 0. The molecule has 44 heavy (non-hydrogen) atoms. The van der Waals surface area contributed by atoms with Crippen LogP contribution in [0.5, 0.6) is 0 Å². The summed E-state index contributed by atoms with van der Waals surface area (Å²) in [5.74, 6) is 0. The highest BCUT2D eigenvalue weighted by Crippen LogP contribution is 2.37. The molecule has 0 saturated carbocycles. The molecule has 1 aromatic heterocycles. The van der Waals surface area contributed by atoms with Crippen LogP contribution >= 0.6 is 0 Å². The monoisotopic (exact) mass is 564 g/mol. The third kappa shape index (κ3) is 4.43. The Balaban J connectivity index is 1.17. The first-order valence-electron chi connectivity index (χ1n) is 14.8. The van der Waals surface area contributed by atoms with Crippen LogP contribution in [0.2, 0.25) is 0 Å². The summed E-state index contributed by atoms with van der Waals surface area (Å²) in [6, 6.07) is 58.6. The number of benzene rings is 7. The summed E-state index contributed by atoms with van der Waals surface area (Å²) >= 11 is 0. The van der Waals surface area contributed by atoms with Crippen molar-refractivity contribution in [2.75, 3.05) is 4.90 Å². The van der Waals surface area contributed by atoms with Crippen LogP contribution in [0.1, 0.15) is 0 Å². The van der Waals surface area contributed by atoms with Crippen molar-refractivity contribution in [1.29, 1.82) is 0 Å². The quantitative estimate of drug-likeness (QED) is 0.194. The standard InChI is InChI=1S/C41H28N2O/c44-41-37-14-6-8-16-39(37)43(40-17-9-7-15-38(40)41)35-25-20-31(21-26-35)30-18-23-34(24-19-30)42(33-12-2-1-3-13-33)36-27-22-29-10-4-5-11-32(29)28-36/h1-28H. The fourth-order valence-corrected chi connectivity index (χ4v) is 6.22. The first-order chi connectivity index (χ1) is 21.7. The van der Waals surface area contributed by atoms with Crippen LogP contribution in [0.25, 0.3) is 49.4 Å². The molecule has 0 aliphatic carbocycles. The lowest BCUT2D eigenvalue weighted by atomic mass is 10.0. The smallest absolute Gasteiger partial charge is 0.197 e. The molecule has 0 amide bonds. The number of pyridine rings is 1. The van der Waals surface area contributed by atoms with Crippen molar-refractivity contribution in [3.8, 4) is 16.8 Å². The van der Waals surface area contributed by atoms with E-state index in [9.17, 15) is 4.79 Å². The van der Waals surface area contributed by atoms with Crippen LogP contribution in [0, 0.1) is 0 Å². The summed E-state index contributed by atoms with van der Waals surface area (Å²) in [4.78, 5) is 15.5. The van der Waals surface area contributed by atoms with E-state index in [0.29, 0.717) is 0 Å². The molecule has 8 aromatic rings. The van der Waals surface area contributed by atoms with Crippen LogP contribution in [-0.2, 0) is 0 Å². The van der Waals surface area contributed by atoms with Crippen molar-refractivity contribution in [2.45, 2.75) is 0 Å². The molecule has 0 atom stereocenters. The molecule has 0 spiro atoms. The summed E-state index contributed by atoms with van der Waals surface area (Å²) in [6.45, 7) is 0. The fourth-order valence-electron chi connectivity index (χ4n) is 6.22. The fraction of sp³-hybridized carbons (Fsp3) is 0. The molecule has 0 unspecified atom stereocenters. The summed E-state index contributed by atoms with van der Waals surface area (Å²) in [5, 5.41) is 3.89. The van der Waals surface area contributed by atoms with Gasteiger partial charge in [0.15, 0.2) is 5.43 Å². The molecule has 3 heteroatoms. The Morgan fingerprint density at radius 2 is 0.909 bits per heavy atom. The second-order valence-electron chi connectivity index (χ2n) is 11.0. The molecule has 3 nitrogen and oxygen atoms in total. The van der Waals surface area contributed by atoms with E-state index >= 15 is 0 Å². The zero-order chi connectivity index (χ0) is 29.5. The second kappa shape index (κ2) is 10.7. The van der Waals surface area contributed by atoms with E-state index in [1.165, 1.54) is 10.8 Å². The molecule has 0 fully saturated rings. The van der Waals surface area contributed by atoms with E-state index in [2.05, 4.69) is 125 Å². The van der Waals surface area contributed by atoms with Gasteiger partial charge < -0.3 is 9.47 Å². The topological polar surface area (TPSA) is 25.2 Å². The van der Waals surface area contributed by atoms with Gasteiger partial charge in [-0.1, -0.05) is 97.1 Å². The van der Waals surface area contributed by atoms with Crippen molar-refractivity contribution in [1.82, 2.24) is 4.57 Å². The number of rotatable bonds is 5. The molecule has 8 rings (SSSR count). The lowest BCUT2D eigenvalue weighted by molar-refractivity contribution is 1.16. The molecular formula is C41H28N2O. The van der Waals surface area contributed by atoms with E-state index in [0.717, 1.165) is 55.7 Å². The van der Waals surface area contributed by atoms with E-state index < -0.39 is 0 Å². The Labute approximate surface area is 255 Å². The van der Waals surface area contributed by atoms with Crippen LogP contribution in [0.15, 0.2) is 175 Å². The summed E-state index contributed by atoms with van der Waals surface area (Å²) in [5.41, 5.74) is 8.49. The van der Waals surface area contributed by atoms with Gasteiger partial charge >= 0.3 is 0 Å². The molecule has 1 heterocycles. The maximum absolute atomic E-state index is 13.2. The van der Waals surface area contributed by atoms with E-state index in [1.807, 2.05) is 54.6 Å². The predicted octanol–water partition coefficient (Wildman–Crippen LogP) is 10.4. The van der Waals surface area contributed by atoms with E-state index in [4.69, 9.17) is 0 Å². The molecule has 0 bridgehead atoms. The van der Waals surface area contributed by atoms with Gasteiger partial charge in [-0.25, -0.2) is 0 Å². The lowest BCUT2D eigenvalue weighted by Crippen LogP contribution is -2.10. The molecule has 0 aliphatic rings.